The van der Waals surface area contributed by atoms with Gasteiger partial charge >= 0.3 is 0 Å². The summed E-state index contributed by atoms with van der Waals surface area (Å²) in [6, 6.07) is 11.0. The number of phenols is 1. The highest BCUT2D eigenvalue weighted by atomic mass is 32.2. The smallest absolute Gasteiger partial charge is 0.262 e. The second-order valence-corrected chi connectivity index (χ2v) is 4.64. The van der Waals surface area contributed by atoms with Crippen LogP contribution in [0.3, 0.4) is 0 Å². The number of anilines is 1. The van der Waals surface area contributed by atoms with Crippen LogP contribution in [-0.2, 0) is 0 Å². The van der Waals surface area contributed by atoms with Crippen LogP contribution in [0.25, 0.3) is 0 Å². The molecule has 0 radical (unpaired) electrons. The van der Waals surface area contributed by atoms with Crippen molar-refractivity contribution in [1.82, 2.24) is 0 Å². The Balaban J connectivity index is 2.31. The number of thioether (sulfide) groups is 1. The average Bonchev–Trinajstić information content (AvgIpc) is 2.39. The maximum atomic E-state index is 13.6. The van der Waals surface area contributed by atoms with Crippen LogP contribution in [0.4, 0.5) is 10.1 Å². The summed E-state index contributed by atoms with van der Waals surface area (Å²) < 4.78 is 13.6. The molecule has 5 heteroatoms. The van der Waals surface area contributed by atoms with Crippen LogP contribution in [0.5, 0.6) is 5.75 Å². The fourth-order valence-corrected chi connectivity index (χ4v) is 2.22. The number of benzene rings is 2. The summed E-state index contributed by atoms with van der Waals surface area (Å²) in [6.45, 7) is 0. The summed E-state index contributed by atoms with van der Waals surface area (Å²) in [5.74, 6) is -1.80. The Morgan fingerprint density at radius 1 is 1.21 bits per heavy atom. The molecule has 2 N–H and O–H groups in total. The highest BCUT2D eigenvalue weighted by molar-refractivity contribution is 7.98. The molecule has 0 aliphatic heterocycles. The average molecular weight is 277 g/mol. The summed E-state index contributed by atoms with van der Waals surface area (Å²) in [4.78, 5) is 12.9. The SMILES string of the molecule is CSc1ccccc1NC(=O)c1c(O)cccc1F. The summed E-state index contributed by atoms with van der Waals surface area (Å²) in [6.07, 6.45) is 1.88. The first-order valence-electron chi connectivity index (χ1n) is 5.55. The molecule has 0 aliphatic carbocycles. The Morgan fingerprint density at radius 2 is 1.95 bits per heavy atom. The standard InChI is InChI=1S/C14H12FNO2S/c1-19-12-8-3-2-6-10(12)16-14(18)13-9(15)5-4-7-11(13)17/h2-8,17H,1H3,(H,16,18). The van der Waals surface area contributed by atoms with E-state index in [0.29, 0.717) is 5.69 Å². The second kappa shape index (κ2) is 5.75. The molecule has 2 aromatic carbocycles. The minimum absolute atomic E-state index is 0.349. The molecule has 0 aliphatic rings. The Hall–Kier alpha value is -2.01. The number of carbonyl (C=O) groups is 1. The molecule has 2 aromatic rings. The maximum absolute atomic E-state index is 13.6. The van der Waals surface area contributed by atoms with Crippen molar-refractivity contribution in [2.24, 2.45) is 0 Å². The molecular formula is C14H12FNO2S. The van der Waals surface area contributed by atoms with Gasteiger partial charge in [0.1, 0.15) is 17.1 Å². The zero-order valence-electron chi connectivity index (χ0n) is 10.2. The Labute approximate surface area is 114 Å². The van der Waals surface area contributed by atoms with E-state index < -0.39 is 11.7 Å². The van der Waals surface area contributed by atoms with Crippen LogP contribution in [-0.4, -0.2) is 17.3 Å². The Kier molecular flexibility index (Phi) is 4.06. The molecule has 0 aromatic heterocycles. The third-order valence-corrected chi connectivity index (χ3v) is 3.37. The number of amides is 1. The van der Waals surface area contributed by atoms with Gasteiger partial charge in [-0.2, -0.15) is 0 Å². The highest BCUT2D eigenvalue weighted by Crippen LogP contribution is 2.27. The van der Waals surface area contributed by atoms with Gasteiger partial charge in [0.05, 0.1) is 5.69 Å². The van der Waals surface area contributed by atoms with Gasteiger partial charge in [0, 0.05) is 4.90 Å². The van der Waals surface area contributed by atoms with Gasteiger partial charge in [-0.25, -0.2) is 4.39 Å². The number of hydrogen-bond donors (Lipinski definition) is 2. The number of phenolic OH excluding ortho intramolecular Hbond substituents is 1. The lowest BCUT2D eigenvalue weighted by atomic mass is 10.1. The maximum Gasteiger partial charge on any atom is 0.262 e. The van der Waals surface area contributed by atoms with Crippen LogP contribution in [0.15, 0.2) is 47.4 Å². The van der Waals surface area contributed by atoms with E-state index in [2.05, 4.69) is 5.32 Å². The van der Waals surface area contributed by atoms with E-state index >= 15 is 0 Å². The molecule has 0 heterocycles. The molecule has 0 saturated heterocycles. The van der Waals surface area contributed by atoms with E-state index in [-0.39, 0.29) is 11.3 Å². The molecule has 3 nitrogen and oxygen atoms in total. The van der Waals surface area contributed by atoms with Crippen LogP contribution in [0, 0.1) is 5.82 Å². The first-order chi connectivity index (χ1) is 9.13. The van der Waals surface area contributed by atoms with E-state index in [9.17, 15) is 14.3 Å². The van der Waals surface area contributed by atoms with E-state index in [1.807, 2.05) is 18.4 Å². The molecule has 0 fully saturated rings. The molecule has 0 spiro atoms. The van der Waals surface area contributed by atoms with Gasteiger partial charge in [-0.1, -0.05) is 18.2 Å². The van der Waals surface area contributed by atoms with Crippen molar-refractivity contribution in [3.63, 3.8) is 0 Å². The van der Waals surface area contributed by atoms with Gasteiger partial charge in [-0.15, -0.1) is 11.8 Å². The molecular weight excluding hydrogens is 265 g/mol. The van der Waals surface area contributed by atoms with Crippen molar-refractivity contribution in [3.8, 4) is 5.75 Å². The zero-order chi connectivity index (χ0) is 13.8. The zero-order valence-corrected chi connectivity index (χ0v) is 11.0. The molecule has 1 amide bonds. The number of aromatic hydroxyl groups is 1. The van der Waals surface area contributed by atoms with Gasteiger partial charge in [0.2, 0.25) is 0 Å². The van der Waals surface area contributed by atoms with E-state index in [1.165, 1.54) is 23.9 Å². The number of hydrogen-bond acceptors (Lipinski definition) is 3. The molecule has 0 bridgehead atoms. The van der Waals surface area contributed by atoms with Crippen LogP contribution >= 0.6 is 11.8 Å². The predicted molar refractivity (Wildman–Crippen MR) is 74.2 cm³/mol. The lowest BCUT2D eigenvalue weighted by Gasteiger charge is -2.10. The molecule has 2 rings (SSSR count). The monoisotopic (exact) mass is 277 g/mol. The number of carbonyl (C=O) groups excluding carboxylic acids is 1. The number of nitrogens with one attached hydrogen (secondary N) is 1. The van der Waals surface area contributed by atoms with Crippen molar-refractivity contribution in [2.45, 2.75) is 4.90 Å². The Bertz CT molecular complexity index is 596. The van der Waals surface area contributed by atoms with Crippen molar-refractivity contribution in [3.05, 3.63) is 53.8 Å². The minimum Gasteiger partial charge on any atom is -0.507 e. The van der Waals surface area contributed by atoms with E-state index in [0.717, 1.165) is 11.0 Å². The van der Waals surface area contributed by atoms with Crippen molar-refractivity contribution < 1.29 is 14.3 Å². The molecule has 0 atom stereocenters. The van der Waals surface area contributed by atoms with Crippen LogP contribution in [0.1, 0.15) is 10.4 Å². The van der Waals surface area contributed by atoms with Gasteiger partial charge in [0.25, 0.3) is 5.91 Å². The normalized spacial score (nSPS) is 10.2. The van der Waals surface area contributed by atoms with Crippen LogP contribution in [0.2, 0.25) is 0 Å². The summed E-state index contributed by atoms with van der Waals surface area (Å²) in [5, 5.41) is 12.2. The molecule has 0 unspecified atom stereocenters. The fraction of sp³-hybridized carbons (Fsp3) is 0.0714. The van der Waals surface area contributed by atoms with Gasteiger partial charge < -0.3 is 10.4 Å². The van der Waals surface area contributed by atoms with Gasteiger partial charge in [0.15, 0.2) is 0 Å². The van der Waals surface area contributed by atoms with Gasteiger partial charge in [-0.05, 0) is 30.5 Å². The van der Waals surface area contributed by atoms with Gasteiger partial charge in [-0.3, -0.25) is 4.79 Å². The lowest BCUT2D eigenvalue weighted by molar-refractivity contribution is 0.102. The molecule has 98 valence electrons. The molecule has 19 heavy (non-hydrogen) atoms. The van der Waals surface area contributed by atoms with Crippen molar-refractivity contribution in [1.29, 1.82) is 0 Å². The molecule has 0 saturated carbocycles. The highest BCUT2D eigenvalue weighted by Gasteiger charge is 2.17. The Morgan fingerprint density at radius 3 is 2.63 bits per heavy atom. The second-order valence-electron chi connectivity index (χ2n) is 3.79. The fourth-order valence-electron chi connectivity index (χ4n) is 1.67. The minimum atomic E-state index is -0.751. The number of rotatable bonds is 3. The first kappa shape index (κ1) is 13.4. The third kappa shape index (κ3) is 2.88. The predicted octanol–water partition coefficient (Wildman–Crippen LogP) is 3.51. The summed E-state index contributed by atoms with van der Waals surface area (Å²) in [5.41, 5.74) is 0.237. The van der Waals surface area contributed by atoms with E-state index in [1.54, 1.807) is 12.1 Å². The number of halogens is 1. The van der Waals surface area contributed by atoms with E-state index in [4.69, 9.17) is 0 Å². The first-order valence-corrected chi connectivity index (χ1v) is 6.78. The third-order valence-electron chi connectivity index (χ3n) is 2.57. The quantitative estimate of drug-likeness (QED) is 0.844. The summed E-state index contributed by atoms with van der Waals surface area (Å²) in [7, 11) is 0. The van der Waals surface area contributed by atoms with Crippen LogP contribution < -0.4 is 5.32 Å². The lowest BCUT2D eigenvalue weighted by Crippen LogP contribution is -2.14. The number of para-hydroxylation sites is 1. The summed E-state index contributed by atoms with van der Waals surface area (Å²) >= 11 is 1.47. The topological polar surface area (TPSA) is 49.3 Å². The largest absolute Gasteiger partial charge is 0.507 e. The van der Waals surface area contributed by atoms with Crippen molar-refractivity contribution in [2.75, 3.05) is 11.6 Å². The van der Waals surface area contributed by atoms with Crippen molar-refractivity contribution >= 4 is 23.4 Å².